The second kappa shape index (κ2) is 7.01. The summed E-state index contributed by atoms with van der Waals surface area (Å²) in [4.78, 5) is 2.49. The minimum atomic E-state index is -0.140. The van der Waals surface area contributed by atoms with Crippen LogP contribution in [0.2, 0.25) is 0 Å². The lowest BCUT2D eigenvalue weighted by molar-refractivity contribution is 0.198. The maximum absolute atomic E-state index is 13.3. The Hall–Kier alpha value is -0.930. The van der Waals surface area contributed by atoms with Gasteiger partial charge in [-0.25, -0.2) is 4.39 Å². The highest BCUT2D eigenvalue weighted by Crippen LogP contribution is 2.21. The van der Waals surface area contributed by atoms with E-state index in [4.69, 9.17) is 0 Å². The predicted molar refractivity (Wildman–Crippen MR) is 77.7 cm³/mol. The highest BCUT2D eigenvalue weighted by molar-refractivity contribution is 5.20. The molecule has 1 aromatic carbocycles. The first-order valence-electron chi connectivity index (χ1n) is 7.46. The largest absolute Gasteiger partial charge is 0.307 e. The van der Waals surface area contributed by atoms with Crippen LogP contribution in [0, 0.1) is 5.82 Å². The van der Waals surface area contributed by atoms with Gasteiger partial charge in [0.25, 0.3) is 0 Å². The molecule has 1 saturated heterocycles. The molecule has 1 atom stereocenters. The Morgan fingerprint density at radius 3 is 2.63 bits per heavy atom. The minimum Gasteiger partial charge on any atom is -0.307 e. The van der Waals surface area contributed by atoms with E-state index in [0.29, 0.717) is 6.04 Å². The van der Waals surface area contributed by atoms with E-state index in [1.165, 1.54) is 32.0 Å². The fraction of sp³-hybridized carbons (Fsp3) is 0.625. The van der Waals surface area contributed by atoms with Gasteiger partial charge in [0.2, 0.25) is 0 Å². The van der Waals surface area contributed by atoms with Gasteiger partial charge in [-0.05, 0) is 56.6 Å². The molecule has 1 aliphatic rings. The monoisotopic (exact) mass is 264 g/mol. The summed E-state index contributed by atoms with van der Waals surface area (Å²) in [7, 11) is 0. The molecule has 1 aliphatic heterocycles. The molecule has 2 rings (SSSR count). The number of halogens is 1. The van der Waals surface area contributed by atoms with Crippen LogP contribution in [-0.2, 0) is 0 Å². The molecule has 0 amide bonds. The van der Waals surface area contributed by atoms with Gasteiger partial charge >= 0.3 is 0 Å². The van der Waals surface area contributed by atoms with E-state index in [-0.39, 0.29) is 11.9 Å². The number of piperidine rings is 1. The smallest absolute Gasteiger partial charge is 0.123 e. The number of likely N-dealkylation sites (tertiary alicyclic amines) is 1. The zero-order valence-corrected chi connectivity index (χ0v) is 12.0. The third kappa shape index (κ3) is 4.02. The van der Waals surface area contributed by atoms with Crippen molar-refractivity contribution >= 4 is 0 Å². The van der Waals surface area contributed by atoms with E-state index in [9.17, 15) is 4.39 Å². The van der Waals surface area contributed by atoms with Crippen LogP contribution in [0.15, 0.2) is 24.3 Å². The lowest BCUT2D eigenvalue weighted by Gasteiger charge is -2.34. The topological polar surface area (TPSA) is 15.3 Å². The number of nitrogens with zero attached hydrogens (tertiary/aromatic N) is 1. The molecule has 1 heterocycles. The second-order valence-corrected chi connectivity index (χ2v) is 5.39. The number of benzene rings is 1. The van der Waals surface area contributed by atoms with Crippen LogP contribution in [-0.4, -0.2) is 30.6 Å². The van der Waals surface area contributed by atoms with Gasteiger partial charge in [-0.3, -0.25) is 0 Å². The van der Waals surface area contributed by atoms with Crippen molar-refractivity contribution in [2.75, 3.05) is 19.6 Å². The molecule has 106 valence electrons. The zero-order chi connectivity index (χ0) is 13.7. The van der Waals surface area contributed by atoms with E-state index in [0.717, 1.165) is 18.5 Å². The zero-order valence-electron chi connectivity index (χ0n) is 12.0. The van der Waals surface area contributed by atoms with Crippen LogP contribution in [0.1, 0.15) is 44.7 Å². The van der Waals surface area contributed by atoms with Gasteiger partial charge in [-0.2, -0.15) is 0 Å². The van der Waals surface area contributed by atoms with E-state index >= 15 is 0 Å². The summed E-state index contributed by atoms with van der Waals surface area (Å²) in [5.74, 6) is -0.140. The molecule has 0 aromatic heterocycles. The quantitative estimate of drug-likeness (QED) is 0.877. The fourth-order valence-electron chi connectivity index (χ4n) is 2.87. The van der Waals surface area contributed by atoms with Crippen LogP contribution < -0.4 is 5.32 Å². The first-order chi connectivity index (χ1) is 9.22. The normalized spacial score (nSPS) is 19.5. The average Bonchev–Trinajstić information content (AvgIpc) is 2.45. The molecule has 0 bridgehead atoms. The van der Waals surface area contributed by atoms with Gasteiger partial charge in [0.05, 0.1) is 0 Å². The Balaban J connectivity index is 1.93. The van der Waals surface area contributed by atoms with Crippen LogP contribution >= 0.6 is 0 Å². The molecule has 1 N–H and O–H groups in total. The summed E-state index contributed by atoms with van der Waals surface area (Å²) in [5, 5.41) is 3.70. The third-order valence-corrected chi connectivity index (χ3v) is 4.13. The van der Waals surface area contributed by atoms with Crippen LogP contribution in [0.4, 0.5) is 4.39 Å². The highest BCUT2D eigenvalue weighted by atomic mass is 19.1. The van der Waals surface area contributed by atoms with Gasteiger partial charge in [-0.15, -0.1) is 0 Å². The highest BCUT2D eigenvalue weighted by Gasteiger charge is 2.21. The molecule has 19 heavy (non-hydrogen) atoms. The molecule has 0 aliphatic carbocycles. The maximum Gasteiger partial charge on any atom is 0.123 e. The number of hydrogen-bond donors (Lipinski definition) is 1. The van der Waals surface area contributed by atoms with Crippen molar-refractivity contribution in [3.8, 4) is 0 Å². The van der Waals surface area contributed by atoms with Gasteiger partial charge in [0.1, 0.15) is 5.82 Å². The fourth-order valence-corrected chi connectivity index (χ4v) is 2.87. The molecule has 2 nitrogen and oxygen atoms in total. The molecule has 0 spiro atoms. The molecule has 1 fully saturated rings. The Bertz CT molecular complexity index is 386. The molecule has 3 heteroatoms. The summed E-state index contributed by atoms with van der Waals surface area (Å²) in [5.41, 5.74) is 1.07. The van der Waals surface area contributed by atoms with Gasteiger partial charge < -0.3 is 10.2 Å². The molecular formula is C16H25FN2. The summed E-state index contributed by atoms with van der Waals surface area (Å²) in [6.07, 6.45) is 3.39. The van der Waals surface area contributed by atoms with Gasteiger partial charge in [-0.1, -0.05) is 26.0 Å². The van der Waals surface area contributed by atoms with Gasteiger partial charge in [0, 0.05) is 12.1 Å². The van der Waals surface area contributed by atoms with Crippen molar-refractivity contribution in [3.05, 3.63) is 35.6 Å². The molecular weight excluding hydrogens is 239 g/mol. The Labute approximate surface area is 116 Å². The lowest BCUT2D eigenvalue weighted by Crippen LogP contribution is -2.43. The van der Waals surface area contributed by atoms with Crippen molar-refractivity contribution in [2.24, 2.45) is 0 Å². The Morgan fingerprint density at radius 1 is 1.32 bits per heavy atom. The van der Waals surface area contributed by atoms with Crippen molar-refractivity contribution in [1.82, 2.24) is 10.2 Å². The van der Waals surface area contributed by atoms with Crippen molar-refractivity contribution < 1.29 is 4.39 Å². The maximum atomic E-state index is 13.3. The van der Waals surface area contributed by atoms with Crippen LogP contribution in [0.25, 0.3) is 0 Å². The standard InChI is InChI=1S/C16H25FN2/c1-3-16(13-6-5-7-14(17)12-13)18-15-8-10-19(4-2)11-9-15/h5-7,12,15-16,18H,3-4,8-11H2,1-2H3. The second-order valence-electron chi connectivity index (χ2n) is 5.39. The molecule has 0 saturated carbocycles. The molecule has 0 radical (unpaired) electrons. The Morgan fingerprint density at radius 2 is 2.05 bits per heavy atom. The van der Waals surface area contributed by atoms with E-state index in [1.54, 1.807) is 12.1 Å². The van der Waals surface area contributed by atoms with Crippen molar-refractivity contribution in [2.45, 2.75) is 45.2 Å². The first kappa shape index (κ1) is 14.5. The van der Waals surface area contributed by atoms with Crippen molar-refractivity contribution in [3.63, 3.8) is 0 Å². The summed E-state index contributed by atoms with van der Waals surface area (Å²) < 4.78 is 13.3. The van der Waals surface area contributed by atoms with E-state index in [2.05, 4.69) is 24.1 Å². The average molecular weight is 264 g/mol. The predicted octanol–water partition coefficient (Wildman–Crippen LogP) is 3.35. The van der Waals surface area contributed by atoms with E-state index in [1.807, 2.05) is 6.07 Å². The van der Waals surface area contributed by atoms with E-state index < -0.39 is 0 Å². The lowest BCUT2D eigenvalue weighted by atomic mass is 9.99. The number of rotatable bonds is 5. The SMILES string of the molecule is CCC(NC1CCN(CC)CC1)c1cccc(F)c1. The van der Waals surface area contributed by atoms with Gasteiger partial charge in [0.15, 0.2) is 0 Å². The minimum absolute atomic E-state index is 0.140. The number of nitrogens with one attached hydrogen (secondary N) is 1. The van der Waals surface area contributed by atoms with Crippen LogP contribution in [0.3, 0.4) is 0 Å². The summed E-state index contributed by atoms with van der Waals surface area (Å²) in [6.45, 7) is 7.87. The molecule has 1 aromatic rings. The summed E-state index contributed by atoms with van der Waals surface area (Å²) in [6, 6.07) is 7.82. The number of hydrogen-bond acceptors (Lipinski definition) is 2. The first-order valence-corrected chi connectivity index (χ1v) is 7.46. The van der Waals surface area contributed by atoms with Crippen LogP contribution in [0.5, 0.6) is 0 Å². The summed E-state index contributed by atoms with van der Waals surface area (Å²) >= 11 is 0. The van der Waals surface area contributed by atoms with Crippen molar-refractivity contribution in [1.29, 1.82) is 0 Å². The Kier molecular flexibility index (Phi) is 5.34. The molecule has 1 unspecified atom stereocenters. The third-order valence-electron chi connectivity index (χ3n) is 4.13.